The fraction of sp³-hybridized carbons (Fsp3) is 0.500. The van der Waals surface area contributed by atoms with Crippen LogP contribution in [0.3, 0.4) is 0 Å². The molecule has 0 aromatic heterocycles. The number of carbonyl (C=O) groups is 3. The molecule has 26 heavy (non-hydrogen) atoms. The summed E-state index contributed by atoms with van der Waals surface area (Å²) in [6.07, 6.45) is 0.608. The minimum atomic E-state index is -0.611. The summed E-state index contributed by atoms with van der Waals surface area (Å²) in [5.41, 5.74) is 2.42. The molecule has 3 aliphatic rings. The van der Waals surface area contributed by atoms with E-state index < -0.39 is 11.9 Å². The topological polar surface area (TPSA) is 91.0 Å². The third kappa shape index (κ3) is 2.80. The molecule has 4 rings (SSSR count). The number of hydrogen-bond donors (Lipinski definition) is 2. The lowest BCUT2D eigenvalue weighted by atomic mass is 10.0. The first-order valence-electron chi connectivity index (χ1n) is 8.89. The van der Waals surface area contributed by atoms with E-state index in [1.807, 2.05) is 12.1 Å². The van der Waals surface area contributed by atoms with Crippen molar-refractivity contribution in [2.24, 2.45) is 0 Å². The van der Waals surface area contributed by atoms with Crippen LogP contribution in [0.5, 0.6) is 5.75 Å². The number of anilines is 1. The molecule has 8 heteroatoms. The van der Waals surface area contributed by atoms with Crippen molar-refractivity contribution in [3.8, 4) is 5.75 Å². The van der Waals surface area contributed by atoms with Crippen LogP contribution in [0.2, 0.25) is 0 Å². The number of nitrogens with one attached hydrogen (secondary N) is 2. The average Bonchev–Trinajstić information content (AvgIpc) is 2.98. The SMILES string of the molecule is COc1cc(N2CCNCC2)cc2c1C(=O)N(C1CCC(=O)NC1=O)C2. The average molecular weight is 358 g/mol. The summed E-state index contributed by atoms with van der Waals surface area (Å²) in [7, 11) is 1.55. The largest absolute Gasteiger partial charge is 0.496 e. The van der Waals surface area contributed by atoms with Crippen LogP contribution in [0.25, 0.3) is 0 Å². The Kier molecular flexibility index (Phi) is 4.28. The first-order valence-corrected chi connectivity index (χ1v) is 8.89. The van der Waals surface area contributed by atoms with Crippen molar-refractivity contribution in [1.82, 2.24) is 15.5 Å². The van der Waals surface area contributed by atoms with Crippen LogP contribution in [-0.2, 0) is 16.1 Å². The van der Waals surface area contributed by atoms with Crippen LogP contribution in [0.4, 0.5) is 5.69 Å². The zero-order valence-corrected chi connectivity index (χ0v) is 14.7. The van der Waals surface area contributed by atoms with E-state index >= 15 is 0 Å². The molecule has 1 unspecified atom stereocenters. The molecule has 1 aromatic carbocycles. The Hall–Kier alpha value is -2.61. The Labute approximate surface area is 151 Å². The number of nitrogens with zero attached hydrogens (tertiary/aromatic N) is 2. The molecule has 1 aromatic rings. The second-order valence-corrected chi connectivity index (χ2v) is 6.82. The van der Waals surface area contributed by atoms with Gasteiger partial charge in [0.15, 0.2) is 0 Å². The van der Waals surface area contributed by atoms with Crippen LogP contribution in [-0.4, -0.2) is 62.0 Å². The van der Waals surface area contributed by atoms with E-state index in [1.165, 1.54) is 0 Å². The number of benzene rings is 1. The number of ether oxygens (including phenoxy) is 1. The molecular formula is C18H22N4O4. The van der Waals surface area contributed by atoms with Gasteiger partial charge in [0, 0.05) is 50.9 Å². The number of amides is 3. The lowest BCUT2D eigenvalue weighted by Gasteiger charge is -2.30. The molecule has 2 saturated heterocycles. The molecule has 2 N–H and O–H groups in total. The lowest BCUT2D eigenvalue weighted by molar-refractivity contribution is -0.136. The summed E-state index contributed by atoms with van der Waals surface area (Å²) in [5.74, 6) is -0.355. The summed E-state index contributed by atoms with van der Waals surface area (Å²) < 4.78 is 5.49. The highest BCUT2D eigenvalue weighted by molar-refractivity contribution is 6.06. The van der Waals surface area contributed by atoms with Gasteiger partial charge in [0.25, 0.3) is 5.91 Å². The monoisotopic (exact) mass is 358 g/mol. The minimum Gasteiger partial charge on any atom is -0.496 e. The van der Waals surface area contributed by atoms with Gasteiger partial charge in [-0.1, -0.05) is 0 Å². The molecule has 1 atom stereocenters. The number of rotatable bonds is 3. The molecule has 138 valence electrons. The van der Waals surface area contributed by atoms with Crippen LogP contribution in [0, 0.1) is 0 Å². The molecule has 3 heterocycles. The molecule has 0 bridgehead atoms. The standard InChI is InChI=1S/C18H22N4O4/c1-26-14-9-12(21-6-4-19-5-7-21)8-11-10-22(18(25)16(11)14)13-2-3-15(23)20-17(13)24/h8-9,13,19H,2-7,10H2,1H3,(H,20,23,24). The van der Waals surface area contributed by atoms with Gasteiger partial charge in [-0.25, -0.2) is 0 Å². The number of fused-ring (bicyclic) bond motifs is 1. The number of hydrogen-bond acceptors (Lipinski definition) is 6. The summed E-state index contributed by atoms with van der Waals surface area (Å²) in [5, 5.41) is 5.65. The maximum absolute atomic E-state index is 12.9. The van der Waals surface area contributed by atoms with Gasteiger partial charge < -0.3 is 19.9 Å². The minimum absolute atomic E-state index is 0.210. The number of methoxy groups -OCH3 is 1. The Balaban J connectivity index is 1.64. The highest BCUT2D eigenvalue weighted by Gasteiger charge is 2.40. The summed E-state index contributed by atoms with van der Waals surface area (Å²) in [4.78, 5) is 40.3. The van der Waals surface area contributed by atoms with Crippen LogP contribution in [0.1, 0.15) is 28.8 Å². The molecule has 0 aliphatic carbocycles. The predicted molar refractivity (Wildman–Crippen MR) is 94.1 cm³/mol. The van der Waals surface area contributed by atoms with Crippen molar-refractivity contribution >= 4 is 23.4 Å². The number of piperidine rings is 1. The van der Waals surface area contributed by atoms with E-state index in [1.54, 1.807) is 12.0 Å². The first-order chi connectivity index (χ1) is 12.6. The van der Waals surface area contributed by atoms with E-state index in [-0.39, 0.29) is 18.2 Å². The van der Waals surface area contributed by atoms with Crippen molar-refractivity contribution in [2.45, 2.75) is 25.4 Å². The fourth-order valence-corrected chi connectivity index (χ4v) is 3.92. The van der Waals surface area contributed by atoms with Gasteiger partial charge in [0.05, 0.1) is 12.7 Å². The highest BCUT2D eigenvalue weighted by Crippen LogP contribution is 2.37. The van der Waals surface area contributed by atoms with Crippen molar-refractivity contribution in [2.75, 3.05) is 38.2 Å². The summed E-state index contributed by atoms with van der Waals surface area (Å²) in [6.45, 7) is 3.98. The summed E-state index contributed by atoms with van der Waals surface area (Å²) in [6, 6.07) is 3.31. The molecular weight excluding hydrogens is 336 g/mol. The third-order valence-electron chi connectivity index (χ3n) is 5.27. The molecule has 0 saturated carbocycles. The number of imide groups is 1. The molecule has 0 spiro atoms. The van der Waals surface area contributed by atoms with Gasteiger partial charge in [0.2, 0.25) is 11.8 Å². The molecule has 2 fully saturated rings. The van der Waals surface area contributed by atoms with Gasteiger partial charge >= 0.3 is 0 Å². The zero-order valence-electron chi connectivity index (χ0n) is 14.7. The maximum Gasteiger partial charge on any atom is 0.258 e. The van der Waals surface area contributed by atoms with Gasteiger partial charge in [0.1, 0.15) is 11.8 Å². The van der Waals surface area contributed by atoms with E-state index in [9.17, 15) is 14.4 Å². The lowest BCUT2D eigenvalue weighted by Crippen LogP contribution is -2.52. The first kappa shape index (κ1) is 16.8. The van der Waals surface area contributed by atoms with E-state index in [0.717, 1.165) is 37.4 Å². The van der Waals surface area contributed by atoms with Crippen LogP contribution in [0.15, 0.2) is 12.1 Å². The normalized spacial score (nSPS) is 23.1. The van der Waals surface area contributed by atoms with Gasteiger partial charge in [-0.15, -0.1) is 0 Å². The van der Waals surface area contributed by atoms with Gasteiger partial charge in [-0.3, -0.25) is 19.7 Å². The van der Waals surface area contributed by atoms with Crippen LogP contribution >= 0.6 is 0 Å². The van der Waals surface area contributed by atoms with Crippen LogP contribution < -0.4 is 20.3 Å². The van der Waals surface area contributed by atoms with Crippen molar-refractivity contribution in [1.29, 1.82) is 0 Å². The second-order valence-electron chi connectivity index (χ2n) is 6.82. The fourth-order valence-electron chi connectivity index (χ4n) is 3.92. The van der Waals surface area contributed by atoms with Gasteiger partial charge in [-0.2, -0.15) is 0 Å². The Morgan fingerprint density at radius 1 is 1.15 bits per heavy atom. The van der Waals surface area contributed by atoms with Crippen molar-refractivity contribution in [3.63, 3.8) is 0 Å². The van der Waals surface area contributed by atoms with E-state index in [4.69, 9.17) is 4.74 Å². The predicted octanol–water partition coefficient (Wildman–Crippen LogP) is -0.134. The Bertz CT molecular complexity index is 773. The molecule has 0 radical (unpaired) electrons. The quantitative estimate of drug-likeness (QED) is 0.732. The molecule has 8 nitrogen and oxygen atoms in total. The van der Waals surface area contributed by atoms with E-state index in [2.05, 4.69) is 15.5 Å². The highest BCUT2D eigenvalue weighted by atomic mass is 16.5. The zero-order chi connectivity index (χ0) is 18.3. The van der Waals surface area contributed by atoms with Gasteiger partial charge in [-0.05, 0) is 18.1 Å². The molecule has 3 aliphatic heterocycles. The Morgan fingerprint density at radius 2 is 1.92 bits per heavy atom. The smallest absolute Gasteiger partial charge is 0.258 e. The third-order valence-corrected chi connectivity index (χ3v) is 5.27. The molecule has 3 amide bonds. The van der Waals surface area contributed by atoms with Crippen molar-refractivity contribution < 1.29 is 19.1 Å². The number of carbonyl (C=O) groups excluding carboxylic acids is 3. The van der Waals surface area contributed by atoms with E-state index in [0.29, 0.717) is 24.3 Å². The number of piperazine rings is 1. The van der Waals surface area contributed by atoms with Crippen molar-refractivity contribution in [3.05, 3.63) is 23.3 Å². The maximum atomic E-state index is 12.9. The second kappa shape index (κ2) is 6.60. The summed E-state index contributed by atoms with van der Waals surface area (Å²) >= 11 is 0. The Morgan fingerprint density at radius 3 is 2.62 bits per heavy atom.